The first kappa shape index (κ1) is 92.3. The lowest BCUT2D eigenvalue weighted by molar-refractivity contribution is -0.398. The molecule has 0 spiro atoms. The minimum absolute atomic E-state index is 0.0390. The third kappa shape index (κ3) is 16.4. The quantitative estimate of drug-likeness (QED) is 0.0211. The summed E-state index contributed by atoms with van der Waals surface area (Å²) in [6, 6.07) is 6.56. The fourth-order valence-electron chi connectivity index (χ4n) is 21.6. The lowest BCUT2D eigenvalue weighted by atomic mass is 9.33. The van der Waals surface area contributed by atoms with Crippen LogP contribution in [0.5, 0.6) is 5.75 Å². The van der Waals surface area contributed by atoms with Crippen molar-refractivity contribution >= 4 is 24.0 Å². The second kappa shape index (κ2) is 35.5. The highest BCUT2D eigenvalue weighted by Gasteiger charge is 2.74. The van der Waals surface area contributed by atoms with Crippen LogP contribution in [0.4, 0.5) is 0 Å². The summed E-state index contributed by atoms with van der Waals surface area (Å²) in [6.45, 7) is 9.10. The molecule has 0 radical (unpaired) electrons. The second-order valence-corrected chi connectivity index (χ2v) is 36.2. The van der Waals surface area contributed by atoms with Crippen LogP contribution in [-0.2, 0) is 85.4 Å². The third-order valence-corrected chi connectivity index (χ3v) is 28.8. The molecule has 119 heavy (non-hydrogen) atoms. The largest absolute Gasteiger partial charge is 0.497 e. The van der Waals surface area contributed by atoms with E-state index in [1.54, 1.807) is 24.3 Å². The van der Waals surface area contributed by atoms with Gasteiger partial charge in [0.1, 0.15) is 133 Å². The maximum atomic E-state index is 16.6. The zero-order valence-corrected chi connectivity index (χ0v) is 67.6. The highest BCUT2D eigenvalue weighted by atomic mass is 16.8. The Kier molecular flexibility index (Phi) is 27.5. The van der Waals surface area contributed by atoms with Crippen LogP contribution < -0.4 is 4.74 Å². The number of aliphatic hydroxyl groups excluding tert-OH is 18. The molecule has 5 aliphatic carbocycles. The van der Waals surface area contributed by atoms with E-state index >= 15 is 4.79 Å². The Balaban J connectivity index is 0.850. The summed E-state index contributed by atoms with van der Waals surface area (Å²) < 4.78 is 98.7. The normalized spacial score (nSPS) is 50.5. The molecular formula is C80H120O39. The van der Waals surface area contributed by atoms with Crippen LogP contribution in [0, 0.1) is 50.2 Å². The number of aliphatic carboxylic acids is 1. The van der Waals surface area contributed by atoms with Crippen molar-refractivity contribution in [1.82, 2.24) is 0 Å². The van der Waals surface area contributed by atoms with E-state index in [2.05, 4.69) is 6.92 Å². The van der Waals surface area contributed by atoms with E-state index in [1.807, 2.05) is 26.8 Å². The van der Waals surface area contributed by atoms with Crippen LogP contribution in [0.2, 0.25) is 0 Å². The smallest absolute Gasteiger partial charge is 0.331 e. The predicted octanol–water partition coefficient (Wildman–Crippen LogP) is -4.92. The first-order chi connectivity index (χ1) is 56.1. The van der Waals surface area contributed by atoms with Gasteiger partial charge in [0.25, 0.3) is 0 Å². The van der Waals surface area contributed by atoms with Crippen LogP contribution in [0.1, 0.15) is 119 Å². The molecule has 39 heteroatoms. The number of esters is 2. The molecule has 0 bridgehead atoms. The van der Waals surface area contributed by atoms with E-state index in [-0.39, 0.29) is 38.5 Å². The minimum Gasteiger partial charge on any atom is -0.497 e. The number of methoxy groups -OCH3 is 1. The molecule has 0 amide bonds. The molecule has 0 aromatic heterocycles. The van der Waals surface area contributed by atoms with Gasteiger partial charge in [-0.05, 0) is 143 Å². The van der Waals surface area contributed by atoms with E-state index < -0.39 is 316 Å². The first-order valence-corrected chi connectivity index (χ1v) is 40.9. The van der Waals surface area contributed by atoms with Crippen LogP contribution in [-0.4, -0.2) is 375 Å². The maximum absolute atomic E-state index is 16.6. The van der Waals surface area contributed by atoms with Gasteiger partial charge in [-0.3, -0.25) is 9.59 Å². The Hall–Kier alpha value is -4.37. The number of hydrogen-bond donors (Lipinski definition) is 20. The number of carbonyl (C=O) groups excluding carboxylic acids is 2. The van der Waals surface area contributed by atoms with Crippen molar-refractivity contribution in [2.45, 2.75) is 322 Å². The van der Waals surface area contributed by atoms with Crippen LogP contribution in [0.25, 0.3) is 6.08 Å². The molecule has 7 aliphatic heterocycles. The second-order valence-electron chi connectivity index (χ2n) is 36.2. The molecule has 0 unspecified atom stereocenters. The number of carboxylic acids is 1. The number of benzene rings is 1. The van der Waals surface area contributed by atoms with Gasteiger partial charge in [0.2, 0.25) is 6.29 Å². The van der Waals surface area contributed by atoms with Crippen LogP contribution in [0.15, 0.2) is 42.0 Å². The number of carboxylic acid groups (broad SMARTS) is 1. The van der Waals surface area contributed by atoms with Crippen molar-refractivity contribution < 1.29 is 192 Å². The lowest BCUT2D eigenvalue weighted by Gasteiger charge is -2.71. The summed E-state index contributed by atoms with van der Waals surface area (Å²) in [7, 11) is 1.47. The Morgan fingerprint density at radius 3 is 1.68 bits per heavy atom. The lowest BCUT2D eigenvalue weighted by Crippen LogP contribution is -2.71. The molecule has 11 fully saturated rings. The predicted molar refractivity (Wildman–Crippen MR) is 395 cm³/mol. The number of allylic oxidation sites excluding steroid dienone is 1. The molecule has 4 saturated carbocycles. The maximum Gasteiger partial charge on any atom is 0.331 e. The number of fused-ring (bicyclic) bond motifs is 7. The van der Waals surface area contributed by atoms with Gasteiger partial charge in [0, 0.05) is 11.5 Å². The monoisotopic (exact) mass is 1700 g/mol. The topological polar surface area (TPSA) is 603 Å². The van der Waals surface area contributed by atoms with E-state index in [4.69, 9.17) is 75.8 Å². The van der Waals surface area contributed by atoms with Crippen LogP contribution >= 0.6 is 0 Å². The summed E-state index contributed by atoms with van der Waals surface area (Å²) in [5.74, 6) is -4.72. The highest BCUT2D eigenvalue weighted by Crippen LogP contribution is 2.76. The number of rotatable bonds is 23. The molecule has 7 saturated heterocycles. The number of carbonyl (C=O) groups is 3. The Morgan fingerprint density at radius 1 is 0.521 bits per heavy atom. The molecule has 674 valence electrons. The standard InChI is InChI=1S/C80H120O39/c1-32-46(87)50(91)54(95)66(107-32)116-61-59(113-45(86)17-12-35-10-13-36(104-9)14-11-35)34(3)109-70(62(61)117-69-57(98)60(115-71-63(99)80(103,30-84)31-106-71)58(33(2)108-69)114-65-53(94)49(90)42(28-105-65)112-67-55(96)51(92)47(88)40(26-81)110-67)119-73(102)78-21-20-74(4,5)24-38(78)37-15-16-43-75(6)25-39(85)64(118-68-56(97)52(93)48(89)41(27-82)111-68)77(8,72(100)101)44(75)18-19-76(43,7)79(37,29-83)23-22-78/h10-15,17,32-34,38-44,46-71,81-85,87-99,103H,16,18-31H2,1-9H3,(H,100,101)/b17-12-/t32-,33-,34+,38-,39-,40+,41+,42+,43+,44+,46-,47-,48+,49-,50+,51-,52-,53+,54+,55+,56+,57+,58-,59-,60-,61-,62+,63-,64-,65-,66-,67-,68-,69-,70-,71-,75+,76+,77-,78-,79-,80+/m0/s1. The summed E-state index contributed by atoms with van der Waals surface area (Å²) in [5.41, 5.74) is -8.10. The molecule has 12 aliphatic rings. The van der Waals surface area contributed by atoms with E-state index in [0.29, 0.717) is 30.6 Å². The zero-order chi connectivity index (χ0) is 86.6. The average molecular weight is 1710 g/mol. The Morgan fingerprint density at radius 2 is 1.08 bits per heavy atom. The SMILES string of the molecule is COc1ccc(/C=C\C(=O)O[C@@H]2[C@H](O[C@@H]3O[C@@H](C)[C@H](O)[C@@H](O)[C@H]3O)[C@@H](O[C@@H]3O[C@@H](C)[C@H](O[C@@H]4OC[C@@H](O[C@@H]5O[C@H](CO)[C@H](O)[C@H](O)[C@H]5O)[C@H](O)[C@H]4O)[C@@H](O[C@@H]4OC[C@](O)(CO)[C@H]4O)[C@H]3O)[C@H](OC(=O)[C@]34CCC(C)(C)C[C@H]3C3=CC[C@@H]5[C@@]6(C)C[C@H](O)[C@H](O[C@@H]7O[C@H](CO)[C@@H](O)[C@H](O)[C@H]7O)[C@@](C)(C(=O)O)[C@@H]6CC[C@@]5(C)[C@]3(CO)CC4)O[C@@H]2C)cc1. The van der Waals surface area contributed by atoms with Crippen molar-refractivity contribution in [1.29, 1.82) is 0 Å². The minimum atomic E-state index is -2.36. The van der Waals surface area contributed by atoms with Crippen molar-refractivity contribution in [3.63, 3.8) is 0 Å². The average Bonchev–Trinajstić information content (AvgIpc) is 0.754. The van der Waals surface area contributed by atoms with E-state index in [0.717, 1.165) is 11.6 Å². The van der Waals surface area contributed by atoms with Crippen molar-refractivity contribution in [3.8, 4) is 5.75 Å². The number of hydrogen-bond acceptors (Lipinski definition) is 38. The van der Waals surface area contributed by atoms with Gasteiger partial charge < -0.3 is 178 Å². The molecule has 1 aromatic rings. The summed E-state index contributed by atoms with van der Waals surface area (Å²) >= 11 is 0. The Labute approximate surface area is 685 Å². The highest BCUT2D eigenvalue weighted by molar-refractivity contribution is 5.87. The first-order valence-electron chi connectivity index (χ1n) is 40.9. The van der Waals surface area contributed by atoms with Gasteiger partial charge in [0.05, 0.1) is 82.0 Å². The van der Waals surface area contributed by atoms with Gasteiger partial charge in [-0.15, -0.1) is 0 Å². The zero-order valence-electron chi connectivity index (χ0n) is 67.6. The molecule has 20 N–H and O–H groups in total. The fourth-order valence-corrected chi connectivity index (χ4v) is 21.6. The van der Waals surface area contributed by atoms with Gasteiger partial charge >= 0.3 is 17.9 Å². The molecule has 42 atom stereocenters. The summed E-state index contributed by atoms with van der Waals surface area (Å²) in [5, 5.41) is 224. The molecule has 39 nitrogen and oxygen atoms in total. The number of aliphatic hydroxyl groups is 19. The summed E-state index contributed by atoms with van der Waals surface area (Å²) in [4.78, 5) is 45.2. The molecule has 13 rings (SSSR count). The van der Waals surface area contributed by atoms with Gasteiger partial charge in [0.15, 0.2) is 49.9 Å². The van der Waals surface area contributed by atoms with Crippen molar-refractivity contribution in [3.05, 3.63) is 47.6 Å². The molecule has 1 aromatic carbocycles. The van der Waals surface area contributed by atoms with Crippen molar-refractivity contribution in [2.75, 3.05) is 46.8 Å². The van der Waals surface area contributed by atoms with Gasteiger partial charge in [-0.2, -0.15) is 0 Å². The Bertz CT molecular complexity index is 3720. The van der Waals surface area contributed by atoms with Gasteiger partial charge in [-0.25, -0.2) is 4.79 Å². The third-order valence-electron chi connectivity index (χ3n) is 28.8. The van der Waals surface area contributed by atoms with Gasteiger partial charge in [-0.1, -0.05) is 51.5 Å². The number of ether oxygens (including phenoxy) is 16. The fraction of sp³-hybridized carbons (Fsp3) is 0.838. The summed E-state index contributed by atoms with van der Waals surface area (Å²) in [6.07, 6.45) is -54.0. The molecule has 7 heterocycles. The van der Waals surface area contributed by atoms with Crippen molar-refractivity contribution in [2.24, 2.45) is 50.2 Å². The molecular weight excluding hydrogens is 1580 g/mol. The van der Waals surface area contributed by atoms with E-state index in [1.165, 1.54) is 40.9 Å². The van der Waals surface area contributed by atoms with E-state index in [9.17, 15) is 112 Å². The van der Waals surface area contributed by atoms with Crippen LogP contribution in [0.3, 0.4) is 0 Å².